The summed E-state index contributed by atoms with van der Waals surface area (Å²) in [5, 5.41) is 19.9. The fourth-order valence-electron chi connectivity index (χ4n) is 1.60. The second-order valence-electron chi connectivity index (χ2n) is 3.77. The molecule has 0 aromatic carbocycles. The summed E-state index contributed by atoms with van der Waals surface area (Å²) < 4.78 is 1.82. The predicted octanol–water partition coefficient (Wildman–Crippen LogP) is 0.977. The summed E-state index contributed by atoms with van der Waals surface area (Å²) >= 11 is 0. The summed E-state index contributed by atoms with van der Waals surface area (Å²) in [6.45, 7) is 1.39. The van der Waals surface area contributed by atoms with Crippen LogP contribution in [-0.4, -0.2) is 14.8 Å². The minimum Gasteiger partial charge on any atom is -0.342 e. The van der Waals surface area contributed by atoms with Gasteiger partial charge in [0.25, 0.3) is 0 Å². The molecule has 0 radical (unpaired) electrons. The molecule has 0 aliphatic heterocycles. The van der Waals surface area contributed by atoms with Crippen LogP contribution in [-0.2, 0) is 20.1 Å². The van der Waals surface area contributed by atoms with Crippen LogP contribution < -0.4 is 5.32 Å². The highest BCUT2D eigenvalue weighted by Crippen LogP contribution is 2.05. The number of aryl methyl sites for hydroxylation is 1. The molecule has 0 spiro atoms. The standard InChI is InChI=1S/C12H13N5/c1-17-9-10(5-12(17)6-13)7-14-8-11-3-2-4-15-16-11/h2-5,9,14H,7-8H2,1H3. The third kappa shape index (κ3) is 2.89. The zero-order chi connectivity index (χ0) is 12.1. The van der Waals surface area contributed by atoms with Gasteiger partial charge in [-0.1, -0.05) is 0 Å². The van der Waals surface area contributed by atoms with Crippen molar-refractivity contribution in [1.82, 2.24) is 20.1 Å². The average Bonchev–Trinajstić information content (AvgIpc) is 2.71. The van der Waals surface area contributed by atoms with Crippen LogP contribution in [0.2, 0.25) is 0 Å². The van der Waals surface area contributed by atoms with Gasteiger partial charge in [-0.05, 0) is 23.8 Å². The largest absolute Gasteiger partial charge is 0.342 e. The Hall–Kier alpha value is -2.19. The predicted molar refractivity (Wildman–Crippen MR) is 62.7 cm³/mol. The molecule has 0 saturated carbocycles. The lowest BCUT2D eigenvalue weighted by atomic mass is 10.3. The smallest absolute Gasteiger partial charge is 0.120 e. The van der Waals surface area contributed by atoms with Crippen LogP contribution in [0.5, 0.6) is 0 Å². The van der Waals surface area contributed by atoms with Gasteiger partial charge in [0.1, 0.15) is 11.8 Å². The lowest BCUT2D eigenvalue weighted by Gasteiger charge is -2.01. The molecule has 5 nitrogen and oxygen atoms in total. The summed E-state index contributed by atoms with van der Waals surface area (Å²) in [5.41, 5.74) is 2.66. The molecular formula is C12H13N5. The third-order valence-corrected chi connectivity index (χ3v) is 2.44. The number of nitrogens with one attached hydrogen (secondary N) is 1. The van der Waals surface area contributed by atoms with Crippen LogP contribution in [0.1, 0.15) is 17.0 Å². The lowest BCUT2D eigenvalue weighted by molar-refractivity contribution is 0.669. The van der Waals surface area contributed by atoms with Crippen molar-refractivity contribution in [3.8, 4) is 6.07 Å². The monoisotopic (exact) mass is 227 g/mol. The average molecular weight is 227 g/mol. The lowest BCUT2D eigenvalue weighted by Crippen LogP contribution is -2.13. The molecule has 0 amide bonds. The highest BCUT2D eigenvalue weighted by Gasteiger charge is 2.01. The first kappa shape index (κ1) is 11.3. The van der Waals surface area contributed by atoms with Gasteiger partial charge in [0.15, 0.2) is 0 Å². The van der Waals surface area contributed by atoms with Crippen molar-refractivity contribution in [3.05, 3.63) is 47.5 Å². The summed E-state index contributed by atoms with van der Waals surface area (Å²) in [7, 11) is 1.87. The number of rotatable bonds is 4. The molecule has 5 heteroatoms. The molecule has 0 unspecified atom stereocenters. The zero-order valence-electron chi connectivity index (χ0n) is 9.59. The second kappa shape index (κ2) is 5.23. The van der Waals surface area contributed by atoms with Gasteiger partial charge in [0, 0.05) is 32.5 Å². The number of nitriles is 1. The summed E-state index contributed by atoms with van der Waals surface area (Å²) in [5.74, 6) is 0. The molecule has 2 aromatic rings. The number of hydrogen-bond donors (Lipinski definition) is 1. The van der Waals surface area contributed by atoms with Gasteiger partial charge in [-0.25, -0.2) is 0 Å². The maximum Gasteiger partial charge on any atom is 0.120 e. The molecule has 0 bridgehead atoms. The van der Waals surface area contributed by atoms with Crippen LogP contribution in [0.3, 0.4) is 0 Å². The van der Waals surface area contributed by atoms with Gasteiger partial charge in [0.05, 0.1) is 5.69 Å². The fraction of sp³-hybridized carbons (Fsp3) is 0.250. The number of nitrogens with zero attached hydrogens (tertiary/aromatic N) is 4. The van der Waals surface area contributed by atoms with E-state index in [9.17, 15) is 0 Å². The van der Waals surface area contributed by atoms with Crippen LogP contribution in [0.15, 0.2) is 30.6 Å². The molecule has 1 N–H and O–H groups in total. The van der Waals surface area contributed by atoms with Crippen LogP contribution in [0, 0.1) is 11.3 Å². The van der Waals surface area contributed by atoms with Crippen LogP contribution >= 0.6 is 0 Å². The van der Waals surface area contributed by atoms with Crippen molar-refractivity contribution in [2.45, 2.75) is 13.1 Å². The Bertz CT molecular complexity index is 524. The van der Waals surface area contributed by atoms with E-state index >= 15 is 0 Å². The molecule has 2 rings (SSSR count). The van der Waals surface area contributed by atoms with E-state index in [1.54, 1.807) is 6.20 Å². The third-order valence-electron chi connectivity index (χ3n) is 2.44. The highest BCUT2D eigenvalue weighted by atomic mass is 15.1. The second-order valence-corrected chi connectivity index (χ2v) is 3.77. The van der Waals surface area contributed by atoms with Gasteiger partial charge >= 0.3 is 0 Å². The van der Waals surface area contributed by atoms with Crippen molar-refractivity contribution < 1.29 is 0 Å². The zero-order valence-corrected chi connectivity index (χ0v) is 9.59. The Morgan fingerprint density at radius 2 is 2.35 bits per heavy atom. The molecule has 86 valence electrons. The number of hydrogen-bond acceptors (Lipinski definition) is 4. The van der Waals surface area contributed by atoms with E-state index in [0.717, 1.165) is 11.3 Å². The summed E-state index contributed by atoms with van der Waals surface area (Å²) in [4.78, 5) is 0. The minimum absolute atomic E-state index is 0.668. The molecular weight excluding hydrogens is 214 g/mol. The molecule has 2 heterocycles. The molecule has 0 aliphatic carbocycles. The molecule has 0 fully saturated rings. The first-order valence-corrected chi connectivity index (χ1v) is 5.32. The molecule has 0 atom stereocenters. The normalized spacial score (nSPS) is 10.1. The SMILES string of the molecule is Cn1cc(CNCc2cccnn2)cc1C#N. The van der Waals surface area contributed by atoms with E-state index in [1.807, 2.05) is 36.0 Å². The van der Waals surface area contributed by atoms with E-state index in [2.05, 4.69) is 21.6 Å². The molecule has 0 aliphatic rings. The Labute approximate surface area is 99.7 Å². The van der Waals surface area contributed by atoms with E-state index in [-0.39, 0.29) is 0 Å². The molecule has 2 aromatic heterocycles. The fourth-order valence-corrected chi connectivity index (χ4v) is 1.60. The van der Waals surface area contributed by atoms with E-state index < -0.39 is 0 Å². The number of aromatic nitrogens is 3. The van der Waals surface area contributed by atoms with Crippen molar-refractivity contribution in [1.29, 1.82) is 5.26 Å². The summed E-state index contributed by atoms with van der Waals surface area (Å²) in [6, 6.07) is 7.80. The topological polar surface area (TPSA) is 66.5 Å². The van der Waals surface area contributed by atoms with Gasteiger partial charge in [-0.3, -0.25) is 0 Å². The van der Waals surface area contributed by atoms with Crippen molar-refractivity contribution in [2.24, 2.45) is 7.05 Å². The molecule has 17 heavy (non-hydrogen) atoms. The Balaban J connectivity index is 1.88. The van der Waals surface area contributed by atoms with E-state index in [4.69, 9.17) is 5.26 Å². The van der Waals surface area contributed by atoms with Crippen molar-refractivity contribution >= 4 is 0 Å². The minimum atomic E-state index is 0.668. The van der Waals surface area contributed by atoms with Gasteiger partial charge < -0.3 is 9.88 Å². The maximum absolute atomic E-state index is 8.83. The first-order valence-electron chi connectivity index (χ1n) is 5.32. The van der Waals surface area contributed by atoms with Crippen LogP contribution in [0.4, 0.5) is 0 Å². The Kier molecular flexibility index (Phi) is 3.48. The van der Waals surface area contributed by atoms with E-state index in [0.29, 0.717) is 18.8 Å². The van der Waals surface area contributed by atoms with Crippen molar-refractivity contribution in [3.63, 3.8) is 0 Å². The quantitative estimate of drug-likeness (QED) is 0.845. The van der Waals surface area contributed by atoms with Crippen molar-refractivity contribution in [2.75, 3.05) is 0 Å². The maximum atomic E-state index is 8.83. The van der Waals surface area contributed by atoms with Gasteiger partial charge in [0.2, 0.25) is 0 Å². The highest BCUT2D eigenvalue weighted by molar-refractivity contribution is 5.28. The van der Waals surface area contributed by atoms with Crippen LogP contribution in [0.25, 0.3) is 0 Å². The Morgan fingerprint density at radius 1 is 1.47 bits per heavy atom. The Morgan fingerprint density at radius 3 is 3.00 bits per heavy atom. The van der Waals surface area contributed by atoms with E-state index in [1.165, 1.54) is 0 Å². The van der Waals surface area contributed by atoms with Gasteiger partial charge in [-0.2, -0.15) is 15.5 Å². The molecule has 0 saturated heterocycles. The first-order chi connectivity index (χ1) is 8.29. The summed E-state index contributed by atoms with van der Waals surface area (Å²) in [6.07, 6.45) is 3.60. The van der Waals surface area contributed by atoms with Gasteiger partial charge in [-0.15, -0.1) is 0 Å².